The summed E-state index contributed by atoms with van der Waals surface area (Å²) >= 11 is 0. The molecule has 0 aromatic heterocycles. The first-order valence-corrected chi connectivity index (χ1v) is 14.4. The monoisotopic (exact) mass is 574 g/mol. The van der Waals surface area contributed by atoms with Crippen LogP contribution >= 0.6 is 0 Å². The fourth-order valence-electron chi connectivity index (χ4n) is 4.98. The highest BCUT2D eigenvalue weighted by Crippen LogP contribution is 2.29. The third kappa shape index (κ3) is 6.35. The van der Waals surface area contributed by atoms with E-state index in [4.69, 9.17) is 9.47 Å². The highest BCUT2D eigenvalue weighted by Gasteiger charge is 2.13. The van der Waals surface area contributed by atoms with Gasteiger partial charge in [-0.15, -0.1) is 0 Å². The number of benzene rings is 6. The summed E-state index contributed by atoms with van der Waals surface area (Å²) in [5.41, 5.74) is 7.82. The van der Waals surface area contributed by atoms with Crippen molar-refractivity contribution in [3.63, 3.8) is 0 Å². The van der Waals surface area contributed by atoms with Crippen LogP contribution in [0.1, 0.15) is 37.4 Å². The van der Waals surface area contributed by atoms with Crippen molar-refractivity contribution in [1.29, 1.82) is 0 Å². The average Bonchev–Trinajstić information content (AvgIpc) is 3.09. The Labute approximate surface area is 257 Å². The highest BCUT2D eigenvalue weighted by molar-refractivity contribution is 6.11. The predicted octanol–water partition coefficient (Wildman–Crippen LogP) is 9.59. The lowest BCUT2D eigenvalue weighted by Crippen LogP contribution is -2.04. The molecule has 0 radical (unpaired) electrons. The first kappa shape index (κ1) is 28.4. The second kappa shape index (κ2) is 12.6. The van der Waals surface area contributed by atoms with E-state index >= 15 is 0 Å². The molecule has 0 aliphatic rings. The first-order chi connectivity index (χ1) is 21.5. The van der Waals surface area contributed by atoms with Crippen molar-refractivity contribution in [2.24, 2.45) is 0 Å². The molecule has 6 aromatic carbocycles. The largest absolute Gasteiger partial charge is 0.497 e. The van der Waals surface area contributed by atoms with Crippen LogP contribution in [-0.2, 0) is 0 Å². The molecule has 0 bridgehead atoms. The van der Waals surface area contributed by atoms with Gasteiger partial charge in [-0.1, -0.05) is 103 Å². The Bertz CT molecular complexity index is 1880. The summed E-state index contributed by atoms with van der Waals surface area (Å²) in [7, 11) is 1.67. The lowest BCUT2D eigenvalue weighted by Gasteiger charge is -2.09. The van der Waals surface area contributed by atoms with Crippen molar-refractivity contribution in [3.05, 3.63) is 173 Å². The van der Waals surface area contributed by atoms with Gasteiger partial charge in [0.1, 0.15) is 17.2 Å². The number of hydrogen-bond donors (Lipinski definition) is 0. The minimum Gasteiger partial charge on any atom is -0.497 e. The molecule has 0 amide bonds. The lowest BCUT2D eigenvalue weighted by atomic mass is 9.98. The number of hydrogen-bond acceptors (Lipinski definition) is 4. The third-order valence-electron chi connectivity index (χ3n) is 7.57. The molecule has 0 aliphatic carbocycles. The molecule has 44 heavy (non-hydrogen) atoms. The molecular formula is C40H30O4. The molecule has 0 saturated carbocycles. The number of carbonyl (C=O) groups excluding carboxylic acids is 2. The molecule has 0 unspecified atom stereocenters. The molecule has 0 atom stereocenters. The van der Waals surface area contributed by atoms with Crippen LogP contribution in [0.4, 0.5) is 0 Å². The van der Waals surface area contributed by atoms with E-state index in [1.54, 1.807) is 55.6 Å². The molecule has 6 aromatic rings. The van der Waals surface area contributed by atoms with Crippen LogP contribution in [0.3, 0.4) is 0 Å². The maximum absolute atomic E-state index is 13.1. The normalized spacial score (nSPS) is 10.7. The minimum absolute atomic E-state index is 0.0684. The van der Waals surface area contributed by atoms with E-state index in [0.717, 1.165) is 33.6 Å². The Morgan fingerprint density at radius 1 is 0.386 bits per heavy atom. The fourth-order valence-corrected chi connectivity index (χ4v) is 4.98. The van der Waals surface area contributed by atoms with Crippen molar-refractivity contribution in [3.8, 4) is 39.5 Å². The van der Waals surface area contributed by atoms with Crippen LogP contribution in [0.2, 0.25) is 0 Å². The summed E-state index contributed by atoms with van der Waals surface area (Å²) in [5.74, 6) is 2.00. The van der Waals surface area contributed by atoms with Gasteiger partial charge in [-0.05, 0) is 77.7 Å². The van der Waals surface area contributed by atoms with Gasteiger partial charge in [-0.25, -0.2) is 0 Å². The van der Waals surface area contributed by atoms with Gasteiger partial charge in [0.15, 0.2) is 11.6 Å². The quantitative estimate of drug-likeness (QED) is 0.161. The Morgan fingerprint density at radius 2 is 0.659 bits per heavy atom. The number of carbonyl (C=O) groups is 2. The van der Waals surface area contributed by atoms with E-state index in [2.05, 4.69) is 36.4 Å². The molecule has 6 rings (SSSR count). The van der Waals surface area contributed by atoms with E-state index in [-0.39, 0.29) is 11.6 Å². The van der Waals surface area contributed by atoms with E-state index in [9.17, 15) is 9.59 Å². The molecular weight excluding hydrogens is 544 g/mol. The summed E-state index contributed by atoms with van der Waals surface area (Å²) in [6, 6.07) is 45.7. The van der Waals surface area contributed by atoms with E-state index in [0.29, 0.717) is 33.8 Å². The minimum atomic E-state index is -0.117. The second-order valence-electron chi connectivity index (χ2n) is 10.6. The van der Waals surface area contributed by atoms with Crippen molar-refractivity contribution < 1.29 is 19.1 Å². The van der Waals surface area contributed by atoms with Crippen LogP contribution in [0, 0.1) is 6.92 Å². The second-order valence-corrected chi connectivity index (χ2v) is 10.6. The summed E-state index contributed by atoms with van der Waals surface area (Å²) in [4.78, 5) is 25.8. The van der Waals surface area contributed by atoms with Crippen molar-refractivity contribution in [2.45, 2.75) is 6.92 Å². The Balaban J connectivity index is 1.07. The molecule has 214 valence electrons. The van der Waals surface area contributed by atoms with Gasteiger partial charge in [-0.3, -0.25) is 9.59 Å². The topological polar surface area (TPSA) is 52.6 Å². The van der Waals surface area contributed by atoms with Crippen molar-refractivity contribution >= 4 is 11.6 Å². The van der Waals surface area contributed by atoms with Gasteiger partial charge in [0, 0.05) is 22.3 Å². The van der Waals surface area contributed by atoms with Crippen LogP contribution < -0.4 is 9.47 Å². The summed E-state index contributed by atoms with van der Waals surface area (Å²) in [5, 5.41) is 0. The van der Waals surface area contributed by atoms with Crippen LogP contribution in [0.5, 0.6) is 17.2 Å². The van der Waals surface area contributed by atoms with Gasteiger partial charge in [-0.2, -0.15) is 0 Å². The molecule has 4 nitrogen and oxygen atoms in total. The zero-order valence-electron chi connectivity index (χ0n) is 24.5. The maximum atomic E-state index is 13.1. The third-order valence-corrected chi connectivity index (χ3v) is 7.57. The Kier molecular flexibility index (Phi) is 8.15. The summed E-state index contributed by atoms with van der Waals surface area (Å²) in [6.45, 7) is 1.98. The molecule has 0 aliphatic heterocycles. The molecule has 0 N–H and O–H groups in total. The first-order valence-electron chi connectivity index (χ1n) is 14.4. The number of rotatable bonds is 9. The molecule has 0 heterocycles. The van der Waals surface area contributed by atoms with Gasteiger partial charge >= 0.3 is 0 Å². The number of aryl methyl sites for hydroxylation is 1. The van der Waals surface area contributed by atoms with Crippen molar-refractivity contribution in [2.75, 3.05) is 7.11 Å². The van der Waals surface area contributed by atoms with E-state index < -0.39 is 0 Å². The zero-order chi connectivity index (χ0) is 30.5. The van der Waals surface area contributed by atoms with Crippen LogP contribution in [-0.4, -0.2) is 18.7 Å². The van der Waals surface area contributed by atoms with Gasteiger partial charge in [0.05, 0.1) is 7.11 Å². The predicted molar refractivity (Wildman–Crippen MR) is 175 cm³/mol. The molecule has 0 saturated heterocycles. The lowest BCUT2D eigenvalue weighted by molar-refractivity contribution is 0.102. The van der Waals surface area contributed by atoms with Crippen LogP contribution in [0.25, 0.3) is 22.3 Å². The zero-order valence-corrected chi connectivity index (χ0v) is 24.5. The SMILES string of the molecule is COc1ccc(-c2ccc(-c3ccc(Oc4ccc(C(=O)c5ccc(C(=O)c6ccc(C)cc6)cc5)cc4)cc3)cc2)cc1. The molecule has 0 spiro atoms. The molecule has 0 fully saturated rings. The summed E-state index contributed by atoms with van der Waals surface area (Å²) in [6.07, 6.45) is 0. The number of ketones is 2. The molecule has 4 heteroatoms. The van der Waals surface area contributed by atoms with Gasteiger partial charge < -0.3 is 9.47 Å². The standard InChI is InChI=1S/C40H30O4/c1-27-3-5-32(6-4-27)39(41)33-11-13-34(14-12-33)40(42)35-19-25-38(26-20-35)44-37-23-17-31(18-24-37)29-9-7-28(8-10-29)30-15-21-36(43-2)22-16-30/h3-26H,1-2H3. The van der Waals surface area contributed by atoms with Gasteiger partial charge in [0.25, 0.3) is 0 Å². The number of methoxy groups -OCH3 is 1. The average molecular weight is 575 g/mol. The van der Waals surface area contributed by atoms with E-state index in [1.807, 2.05) is 67.6 Å². The number of ether oxygens (including phenoxy) is 2. The smallest absolute Gasteiger partial charge is 0.193 e. The van der Waals surface area contributed by atoms with E-state index in [1.165, 1.54) is 0 Å². The van der Waals surface area contributed by atoms with Crippen LogP contribution in [0.15, 0.2) is 146 Å². The van der Waals surface area contributed by atoms with Gasteiger partial charge in [0.2, 0.25) is 0 Å². The highest BCUT2D eigenvalue weighted by atomic mass is 16.5. The Morgan fingerprint density at radius 3 is 1.02 bits per heavy atom. The fraction of sp³-hybridized carbons (Fsp3) is 0.0500. The Hall–Kier alpha value is -5.74. The summed E-state index contributed by atoms with van der Waals surface area (Å²) < 4.78 is 11.3. The van der Waals surface area contributed by atoms with Crippen molar-refractivity contribution in [1.82, 2.24) is 0 Å². The maximum Gasteiger partial charge on any atom is 0.193 e.